The highest BCUT2D eigenvalue weighted by molar-refractivity contribution is 7.89. The fourth-order valence-corrected chi connectivity index (χ4v) is 4.20. The molecule has 0 bridgehead atoms. The maximum absolute atomic E-state index is 12.5. The Labute approximate surface area is 165 Å². The monoisotopic (exact) mass is 400 g/mol. The molecule has 0 aliphatic carbocycles. The van der Waals surface area contributed by atoms with E-state index in [0.29, 0.717) is 28.9 Å². The second-order valence-corrected chi connectivity index (χ2v) is 8.33. The number of anilines is 1. The summed E-state index contributed by atoms with van der Waals surface area (Å²) in [4.78, 5) is 13.3. The number of nitrogens with zero attached hydrogens (tertiary/aromatic N) is 4. The molecule has 0 atom stereocenters. The van der Waals surface area contributed by atoms with Crippen LogP contribution in [0.4, 0.5) is 5.82 Å². The van der Waals surface area contributed by atoms with Crippen molar-refractivity contribution in [2.24, 2.45) is 0 Å². The Morgan fingerprint density at radius 2 is 1.82 bits per heavy atom. The SMILES string of the molecule is Cc1ccc(C)c(S(=O)(=O)NCCNc2cc(-n3ccnc3C)nc(C)n2)c1. The van der Waals surface area contributed by atoms with Crippen LogP contribution in [0.3, 0.4) is 0 Å². The Morgan fingerprint density at radius 3 is 2.54 bits per heavy atom. The van der Waals surface area contributed by atoms with Crippen LogP contribution < -0.4 is 10.0 Å². The molecule has 0 radical (unpaired) electrons. The van der Waals surface area contributed by atoms with E-state index in [4.69, 9.17) is 0 Å². The van der Waals surface area contributed by atoms with E-state index in [1.807, 2.05) is 43.7 Å². The van der Waals surface area contributed by atoms with Gasteiger partial charge >= 0.3 is 0 Å². The van der Waals surface area contributed by atoms with Crippen molar-refractivity contribution in [1.29, 1.82) is 0 Å². The highest BCUT2D eigenvalue weighted by atomic mass is 32.2. The minimum absolute atomic E-state index is 0.234. The summed E-state index contributed by atoms with van der Waals surface area (Å²) in [5.74, 6) is 2.77. The first-order valence-electron chi connectivity index (χ1n) is 8.93. The second kappa shape index (κ2) is 8.07. The van der Waals surface area contributed by atoms with Crippen molar-refractivity contribution in [2.45, 2.75) is 32.6 Å². The van der Waals surface area contributed by atoms with E-state index in [1.54, 1.807) is 25.3 Å². The molecule has 0 amide bonds. The van der Waals surface area contributed by atoms with Gasteiger partial charge in [-0.05, 0) is 44.9 Å². The molecule has 3 aromatic rings. The smallest absolute Gasteiger partial charge is 0.240 e. The first-order valence-corrected chi connectivity index (χ1v) is 10.4. The quantitative estimate of drug-likeness (QED) is 0.590. The van der Waals surface area contributed by atoms with Crippen molar-refractivity contribution in [2.75, 3.05) is 18.4 Å². The molecular weight excluding hydrogens is 376 g/mol. The van der Waals surface area contributed by atoms with Gasteiger partial charge in [-0.2, -0.15) is 0 Å². The van der Waals surface area contributed by atoms with Gasteiger partial charge in [0.05, 0.1) is 4.90 Å². The third-order valence-electron chi connectivity index (χ3n) is 4.25. The van der Waals surface area contributed by atoms with Crippen LogP contribution in [0.15, 0.2) is 41.6 Å². The summed E-state index contributed by atoms with van der Waals surface area (Å²) in [6.45, 7) is 7.99. The average molecular weight is 401 g/mol. The highest BCUT2D eigenvalue weighted by Crippen LogP contribution is 2.16. The lowest BCUT2D eigenvalue weighted by molar-refractivity contribution is 0.582. The Hall–Kier alpha value is -2.78. The second-order valence-electron chi connectivity index (χ2n) is 6.60. The van der Waals surface area contributed by atoms with Crippen molar-refractivity contribution in [1.82, 2.24) is 24.2 Å². The number of imidazole rings is 1. The molecule has 2 aromatic heterocycles. The van der Waals surface area contributed by atoms with E-state index < -0.39 is 10.0 Å². The zero-order valence-electron chi connectivity index (χ0n) is 16.4. The molecular formula is C19H24N6O2S. The van der Waals surface area contributed by atoms with E-state index >= 15 is 0 Å². The molecule has 0 aliphatic heterocycles. The van der Waals surface area contributed by atoms with Crippen LogP contribution in [0.1, 0.15) is 22.8 Å². The number of aromatic nitrogens is 4. The number of benzene rings is 1. The molecule has 0 unspecified atom stereocenters. The van der Waals surface area contributed by atoms with Gasteiger partial charge < -0.3 is 5.32 Å². The van der Waals surface area contributed by atoms with Gasteiger partial charge in [0.15, 0.2) is 0 Å². The van der Waals surface area contributed by atoms with Crippen LogP contribution in [0.25, 0.3) is 5.82 Å². The molecule has 28 heavy (non-hydrogen) atoms. The van der Waals surface area contributed by atoms with Gasteiger partial charge in [-0.25, -0.2) is 28.1 Å². The zero-order chi connectivity index (χ0) is 20.3. The molecule has 1 aromatic carbocycles. The molecule has 8 nitrogen and oxygen atoms in total. The standard InChI is InChI=1S/C19H24N6O2S/c1-13-5-6-14(2)17(11-13)28(26,27)22-8-7-21-18-12-19(24-15(3)23-18)25-10-9-20-16(25)4/h5-6,9-12,22H,7-8H2,1-4H3,(H,21,23,24). The Kier molecular flexibility index (Phi) is 5.76. The molecule has 0 spiro atoms. The van der Waals surface area contributed by atoms with E-state index in [1.165, 1.54) is 0 Å². The summed E-state index contributed by atoms with van der Waals surface area (Å²) in [5.41, 5.74) is 1.63. The summed E-state index contributed by atoms with van der Waals surface area (Å²) >= 11 is 0. The van der Waals surface area contributed by atoms with Crippen LogP contribution in [-0.4, -0.2) is 41.0 Å². The third kappa shape index (κ3) is 4.55. The number of hydrogen-bond donors (Lipinski definition) is 2. The highest BCUT2D eigenvalue weighted by Gasteiger charge is 2.16. The minimum atomic E-state index is -3.56. The maximum atomic E-state index is 12.5. The Bertz CT molecular complexity index is 1090. The molecule has 0 aliphatic rings. The predicted octanol–water partition coefficient (Wildman–Crippen LogP) is 2.29. The molecule has 2 heterocycles. The van der Waals surface area contributed by atoms with Crippen LogP contribution in [0.2, 0.25) is 0 Å². The Morgan fingerprint density at radius 1 is 1.04 bits per heavy atom. The van der Waals surface area contributed by atoms with Crippen LogP contribution >= 0.6 is 0 Å². The normalized spacial score (nSPS) is 11.6. The zero-order valence-corrected chi connectivity index (χ0v) is 17.2. The first-order chi connectivity index (χ1) is 13.3. The maximum Gasteiger partial charge on any atom is 0.240 e. The van der Waals surface area contributed by atoms with Crippen molar-refractivity contribution in [3.63, 3.8) is 0 Å². The molecule has 148 valence electrons. The summed E-state index contributed by atoms with van der Waals surface area (Å²) in [6.07, 6.45) is 3.54. The predicted molar refractivity (Wildman–Crippen MR) is 108 cm³/mol. The largest absolute Gasteiger partial charge is 0.369 e. The Balaban J connectivity index is 1.65. The van der Waals surface area contributed by atoms with Gasteiger partial charge in [-0.15, -0.1) is 0 Å². The first kappa shape index (κ1) is 20.0. The van der Waals surface area contributed by atoms with Crippen molar-refractivity contribution < 1.29 is 8.42 Å². The van der Waals surface area contributed by atoms with Crippen LogP contribution in [-0.2, 0) is 10.0 Å². The lowest BCUT2D eigenvalue weighted by Gasteiger charge is -2.12. The lowest BCUT2D eigenvalue weighted by atomic mass is 10.2. The number of rotatable bonds is 7. The molecule has 9 heteroatoms. The fraction of sp³-hybridized carbons (Fsp3) is 0.316. The minimum Gasteiger partial charge on any atom is -0.369 e. The number of sulfonamides is 1. The van der Waals surface area contributed by atoms with E-state index in [-0.39, 0.29) is 6.54 Å². The summed E-state index contributed by atoms with van der Waals surface area (Å²) in [7, 11) is -3.56. The average Bonchev–Trinajstić information content (AvgIpc) is 3.06. The number of aryl methyl sites for hydroxylation is 4. The van der Waals surface area contributed by atoms with Gasteiger partial charge in [0.2, 0.25) is 10.0 Å². The number of hydrogen-bond acceptors (Lipinski definition) is 6. The lowest BCUT2D eigenvalue weighted by Crippen LogP contribution is -2.29. The van der Waals surface area contributed by atoms with Crippen molar-refractivity contribution in [3.05, 3.63) is 59.4 Å². The van der Waals surface area contributed by atoms with E-state index in [2.05, 4.69) is 25.0 Å². The van der Waals surface area contributed by atoms with Gasteiger partial charge in [-0.1, -0.05) is 12.1 Å². The van der Waals surface area contributed by atoms with Crippen LogP contribution in [0.5, 0.6) is 0 Å². The molecule has 0 saturated carbocycles. The number of nitrogens with one attached hydrogen (secondary N) is 2. The van der Waals surface area contributed by atoms with Gasteiger partial charge in [0.1, 0.15) is 23.3 Å². The van der Waals surface area contributed by atoms with Gasteiger partial charge in [-0.3, -0.25) is 4.57 Å². The van der Waals surface area contributed by atoms with E-state index in [9.17, 15) is 8.42 Å². The third-order valence-corrected chi connectivity index (χ3v) is 5.86. The summed E-state index contributed by atoms with van der Waals surface area (Å²) in [6, 6.07) is 7.19. The topological polar surface area (TPSA) is 102 Å². The van der Waals surface area contributed by atoms with Crippen molar-refractivity contribution in [3.8, 4) is 5.82 Å². The molecule has 0 fully saturated rings. The van der Waals surface area contributed by atoms with Gasteiger partial charge in [0, 0.05) is 31.5 Å². The summed E-state index contributed by atoms with van der Waals surface area (Å²) in [5, 5.41) is 3.15. The van der Waals surface area contributed by atoms with Crippen molar-refractivity contribution >= 4 is 15.8 Å². The molecule has 2 N–H and O–H groups in total. The summed E-state index contributed by atoms with van der Waals surface area (Å²) < 4.78 is 29.6. The fourth-order valence-electron chi connectivity index (χ4n) is 2.84. The van der Waals surface area contributed by atoms with E-state index in [0.717, 1.165) is 17.0 Å². The van der Waals surface area contributed by atoms with Crippen LogP contribution in [0, 0.1) is 27.7 Å². The molecule has 3 rings (SSSR count). The molecule has 0 saturated heterocycles. The van der Waals surface area contributed by atoms with Gasteiger partial charge in [0.25, 0.3) is 0 Å².